The van der Waals surface area contributed by atoms with E-state index in [1.54, 1.807) is 48.3 Å². The standard InChI is InChI=1S/C13H18N4O2S/c1-16-8-7-15-13(16)9-17(2)20(18,19)10-11-5-3-4-6-12(11)14/h3-8H,9-10,14H2,1-2H3. The summed E-state index contributed by atoms with van der Waals surface area (Å²) < 4.78 is 27.7. The van der Waals surface area contributed by atoms with Crippen LogP contribution in [0.4, 0.5) is 5.69 Å². The maximum Gasteiger partial charge on any atom is 0.218 e. The maximum atomic E-state index is 12.3. The number of imidazole rings is 1. The first kappa shape index (κ1) is 14.5. The zero-order chi connectivity index (χ0) is 14.8. The highest BCUT2D eigenvalue weighted by atomic mass is 32.2. The van der Waals surface area contributed by atoms with E-state index in [0.29, 0.717) is 17.1 Å². The first-order valence-corrected chi connectivity index (χ1v) is 7.74. The van der Waals surface area contributed by atoms with Gasteiger partial charge in [-0.25, -0.2) is 13.4 Å². The molecule has 0 spiro atoms. The number of nitrogens with zero attached hydrogens (tertiary/aromatic N) is 3. The van der Waals surface area contributed by atoms with Crippen molar-refractivity contribution in [2.24, 2.45) is 7.05 Å². The van der Waals surface area contributed by atoms with Crippen molar-refractivity contribution in [3.8, 4) is 0 Å². The molecule has 1 heterocycles. The quantitative estimate of drug-likeness (QED) is 0.833. The molecule has 1 aromatic heterocycles. The van der Waals surface area contributed by atoms with Gasteiger partial charge in [-0.2, -0.15) is 4.31 Å². The molecule has 0 saturated heterocycles. The molecule has 0 aliphatic heterocycles. The van der Waals surface area contributed by atoms with Gasteiger partial charge >= 0.3 is 0 Å². The van der Waals surface area contributed by atoms with Gasteiger partial charge in [0.25, 0.3) is 0 Å². The largest absolute Gasteiger partial charge is 0.398 e. The van der Waals surface area contributed by atoms with Crippen LogP contribution in [0, 0.1) is 0 Å². The summed E-state index contributed by atoms with van der Waals surface area (Å²) in [4.78, 5) is 4.13. The Hall–Kier alpha value is -1.86. The Labute approximate surface area is 118 Å². The number of nitrogens with two attached hydrogens (primary N) is 1. The van der Waals surface area contributed by atoms with E-state index in [1.165, 1.54) is 4.31 Å². The molecule has 2 aromatic rings. The summed E-state index contributed by atoms with van der Waals surface area (Å²) >= 11 is 0. The number of benzene rings is 1. The molecule has 1 aromatic carbocycles. The molecule has 0 saturated carbocycles. The van der Waals surface area contributed by atoms with Gasteiger partial charge in [0.1, 0.15) is 5.82 Å². The summed E-state index contributed by atoms with van der Waals surface area (Å²) in [5.41, 5.74) is 6.89. The number of hydrogen-bond donors (Lipinski definition) is 1. The van der Waals surface area contributed by atoms with Crippen molar-refractivity contribution in [2.75, 3.05) is 12.8 Å². The third-order valence-corrected chi connectivity index (χ3v) is 4.91. The van der Waals surface area contributed by atoms with Crippen molar-refractivity contribution in [3.05, 3.63) is 48.0 Å². The van der Waals surface area contributed by atoms with Gasteiger partial charge in [-0.15, -0.1) is 0 Å². The van der Waals surface area contributed by atoms with Crippen LogP contribution in [-0.4, -0.2) is 29.3 Å². The molecular formula is C13H18N4O2S. The van der Waals surface area contributed by atoms with E-state index in [-0.39, 0.29) is 12.3 Å². The SMILES string of the molecule is CN(Cc1nccn1C)S(=O)(=O)Cc1ccccc1N. The normalized spacial score (nSPS) is 11.9. The minimum absolute atomic E-state index is 0.111. The van der Waals surface area contributed by atoms with Gasteiger partial charge in [-0.1, -0.05) is 18.2 Å². The van der Waals surface area contributed by atoms with Crippen LogP contribution < -0.4 is 5.73 Å². The second kappa shape index (κ2) is 5.64. The summed E-state index contributed by atoms with van der Waals surface area (Å²) in [6, 6.07) is 6.98. The summed E-state index contributed by atoms with van der Waals surface area (Å²) in [6.07, 6.45) is 3.43. The molecule has 0 unspecified atom stereocenters. The Morgan fingerprint density at radius 3 is 2.65 bits per heavy atom. The number of aryl methyl sites for hydroxylation is 1. The van der Waals surface area contributed by atoms with Crippen LogP contribution in [0.3, 0.4) is 0 Å². The summed E-state index contributed by atoms with van der Waals surface area (Å²) in [7, 11) is -0.0526. The maximum absolute atomic E-state index is 12.3. The predicted molar refractivity (Wildman–Crippen MR) is 78.2 cm³/mol. The molecule has 6 nitrogen and oxygen atoms in total. The lowest BCUT2D eigenvalue weighted by Gasteiger charge is -2.17. The second-order valence-electron chi connectivity index (χ2n) is 4.67. The molecule has 0 aliphatic carbocycles. The van der Waals surface area contributed by atoms with E-state index in [0.717, 1.165) is 0 Å². The molecule has 7 heteroatoms. The van der Waals surface area contributed by atoms with Crippen LogP contribution in [0.1, 0.15) is 11.4 Å². The Morgan fingerprint density at radius 1 is 1.35 bits per heavy atom. The minimum Gasteiger partial charge on any atom is -0.398 e. The number of aromatic nitrogens is 2. The first-order valence-electron chi connectivity index (χ1n) is 6.14. The van der Waals surface area contributed by atoms with Gasteiger partial charge in [-0.05, 0) is 11.6 Å². The first-order chi connectivity index (χ1) is 9.40. The van der Waals surface area contributed by atoms with Crippen molar-refractivity contribution in [2.45, 2.75) is 12.3 Å². The number of sulfonamides is 1. The van der Waals surface area contributed by atoms with Crippen LogP contribution >= 0.6 is 0 Å². The monoisotopic (exact) mass is 294 g/mol. The topological polar surface area (TPSA) is 81.2 Å². The zero-order valence-electron chi connectivity index (χ0n) is 11.5. The average molecular weight is 294 g/mol. The average Bonchev–Trinajstić information content (AvgIpc) is 2.78. The summed E-state index contributed by atoms with van der Waals surface area (Å²) in [5.74, 6) is 0.581. The molecule has 0 fully saturated rings. The third-order valence-electron chi connectivity index (χ3n) is 3.15. The number of rotatable bonds is 5. The Morgan fingerprint density at radius 2 is 2.05 bits per heavy atom. The van der Waals surface area contributed by atoms with Crippen molar-refractivity contribution >= 4 is 15.7 Å². The Balaban J connectivity index is 2.14. The van der Waals surface area contributed by atoms with Gasteiger partial charge < -0.3 is 10.3 Å². The van der Waals surface area contributed by atoms with Gasteiger partial charge in [-0.3, -0.25) is 0 Å². The fourth-order valence-corrected chi connectivity index (χ4v) is 3.01. The zero-order valence-corrected chi connectivity index (χ0v) is 12.3. The van der Waals surface area contributed by atoms with Gasteiger partial charge in [0.15, 0.2) is 0 Å². The highest BCUT2D eigenvalue weighted by Crippen LogP contribution is 2.17. The van der Waals surface area contributed by atoms with E-state index in [1.807, 2.05) is 7.05 Å². The van der Waals surface area contributed by atoms with E-state index < -0.39 is 10.0 Å². The van der Waals surface area contributed by atoms with Crippen LogP contribution in [0.5, 0.6) is 0 Å². The lowest BCUT2D eigenvalue weighted by Crippen LogP contribution is -2.29. The van der Waals surface area contributed by atoms with Crippen molar-refractivity contribution < 1.29 is 8.42 Å². The lowest BCUT2D eigenvalue weighted by molar-refractivity contribution is 0.450. The molecule has 20 heavy (non-hydrogen) atoms. The number of hydrogen-bond acceptors (Lipinski definition) is 4. The van der Waals surface area contributed by atoms with Gasteiger partial charge in [0, 0.05) is 32.2 Å². The second-order valence-corrected chi connectivity index (χ2v) is 6.74. The number of anilines is 1. The Bertz CT molecular complexity index is 694. The van der Waals surface area contributed by atoms with Crippen LogP contribution in [0.2, 0.25) is 0 Å². The van der Waals surface area contributed by atoms with E-state index >= 15 is 0 Å². The molecular weight excluding hydrogens is 276 g/mol. The van der Waals surface area contributed by atoms with Crippen LogP contribution in [0.15, 0.2) is 36.7 Å². The number of nitrogen functional groups attached to an aromatic ring is 1. The van der Waals surface area contributed by atoms with Gasteiger partial charge in [0.2, 0.25) is 10.0 Å². The highest BCUT2D eigenvalue weighted by molar-refractivity contribution is 7.88. The molecule has 0 radical (unpaired) electrons. The predicted octanol–water partition coefficient (Wildman–Crippen LogP) is 0.964. The van der Waals surface area contributed by atoms with Crippen molar-refractivity contribution in [1.29, 1.82) is 0 Å². The summed E-state index contributed by atoms with van der Waals surface area (Å²) in [6.45, 7) is 0.235. The van der Waals surface area contributed by atoms with Crippen molar-refractivity contribution in [1.82, 2.24) is 13.9 Å². The smallest absolute Gasteiger partial charge is 0.218 e. The van der Waals surface area contributed by atoms with E-state index in [9.17, 15) is 8.42 Å². The summed E-state index contributed by atoms with van der Waals surface area (Å²) in [5, 5.41) is 0. The third kappa shape index (κ3) is 3.17. The minimum atomic E-state index is -3.43. The molecule has 0 aliphatic rings. The molecule has 0 amide bonds. The van der Waals surface area contributed by atoms with E-state index in [4.69, 9.17) is 5.73 Å². The Kier molecular flexibility index (Phi) is 4.10. The molecule has 0 bridgehead atoms. The fourth-order valence-electron chi connectivity index (χ4n) is 1.82. The number of para-hydroxylation sites is 1. The van der Waals surface area contributed by atoms with Crippen LogP contribution in [0.25, 0.3) is 0 Å². The van der Waals surface area contributed by atoms with Gasteiger partial charge in [0.05, 0.1) is 12.3 Å². The lowest BCUT2D eigenvalue weighted by atomic mass is 10.2. The van der Waals surface area contributed by atoms with Crippen LogP contribution in [-0.2, 0) is 29.4 Å². The van der Waals surface area contributed by atoms with Crippen molar-refractivity contribution in [3.63, 3.8) is 0 Å². The molecule has 0 atom stereocenters. The highest BCUT2D eigenvalue weighted by Gasteiger charge is 2.21. The molecule has 2 rings (SSSR count). The van der Waals surface area contributed by atoms with E-state index in [2.05, 4.69) is 4.98 Å². The molecule has 2 N–H and O–H groups in total. The fraction of sp³-hybridized carbons (Fsp3) is 0.308. The molecule has 108 valence electrons.